The molecule has 2 N–H and O–H groups in total. The Bertz CT molecular complexity index is 517. The van der Waals surface area contributed by atoms with Crippen molar-refractivity contribution >= 4 is 29.3 Å². The van der Waals surface area contributed by atoms with Crippen LogP contribution in [0.25, 0.3) is 6.08 Å². The predicted molar refractivity (Wildman–Crippen MR) is 79.9 cm³/mol. The summed E-state index contributed by atoms with van der Waals surface area (Å²) in [5, 5.41) is 11.6. The molecule has 1 saturated carbocycles. The monoisotopic (exact) mass is 293 g/mol. The molecule has 0 radical (unpaired) electrons. The van der Waals surface area contributed by atoms with E-state index in [4.69, 9.17) is 5.11 Å². The number of rotatable bonds is 7. The second kappa shape index (κ2) is 6.70. The highest BCUT2D eigenvalue weighted by molar-refractivity contribution is 7.14. The minimum Gasteiger partial charge on any atom is -0.478 e. The van der Waals surface area contributed by atoms with Crippen molar-refractivity contribution in [1.29, 1.82) is 0 Å². The molecule has 20 heavy (non-hydrogen) atoms. The third kappa shape index (κ3) is 4.49. The molecule has 0 bridgehead atoms. The summed E-state index contributed by atoms with van der Waals surface area (Å²) in [5.41, 5.74) is 0. The minimum atomic E-state index is -0.986. The molecule has 2 rings (SSSR count). The molecule has 1 aliphatic rings. The molecule has 1 unspecified atom stereocenters. The van der Waals surface area contributed by atoms with Gasteiger partial charge in [-0.1, -0.05) is 19.8 Å². The molecule has 1 amide bonds. The molecule has 1 aromatic rings. The van der Waals surface area contributed by atoms with Gasteiger partial charge in [-0.05, 0) is 37.0 Å². The van der Waals surface area contributed by atoms with E-state index in [1.807, 2.05) is 0 Å². The summed E-state index contributed by atoms with van der Waals surface area (Å²) >= 11 is 1.31. The lowest BCUT2D eigenvalue weighted by Gasteiger charge is -2.15. The van der Waals surface area contributed by atoms with Crippen molar-refractivity contribution in [2.75, 3.05) is 0 Å². The van der Waals surface area contributed by atoms with Crippen LogP contribution in [0.15, 0.2) is 18.2 Å². The lowest BCUT2D eigenvalue weighted by Crippen LogP contribution is -2.34. The van der Waals surface area contributed by atoms with Crippen molar-refractivity contribution in [2.24, 2.45) is 5.92 Å². The van der Waals surface area contributed by atoms with E-state index in [2.05, 4.69) is 12.2 Å². The van der Waals surface area contributed by atoms with Gasteiger partial charge in [-0.2, -0.15) is 0 Å². The number of amides is 1. The van der Waals surface area contributed by atoms with Crippen LogP contribution in [-0.4, -0.2) is 23.0 Å². The normalized spacial score (nSPS) is 16.2. The lowest BCUT2D eigenvalue weighted by atomic mass is 10.1. The van der Waals surface area contributed by atoms with Crippen LogP contribution in [0.5, 0.6) is 0 Å². The molecule has 1 aromatic heterocycles. The average molecular weight is 293 g/mol. The summed E-state index contributed by atoms with van der Waals surface area (Å²) in [6, 6.07) is 3.75. The van der Waals surface area contributed by atoms with Gasteiger partial charge in [0.05, 0.1) is 4.88 Å². The molecule has 0 saturated heterocycles. The first-order valence-electron chi connectivity index (χ1n) is 6.90. The van der Waals surface area contributed by atoms with Gasteiger partial charge in [-0.25, -0.2) is 4.79 Å². The van der Waals surface area contributed by atoms with Crippen LogP contribution in [0, 0.1) is 5.92 Å². The van der Waals surface area contributed by atoms with Gasteiger partial charge in [0.1, 0.15) is 0 Å². The maximum absolute atomic E-state index is 12.1. The Kier molecular flexibility index (Phi) is 4.95. The number of carboxylic acid groups (broad SMARTS) is 1. The maximum atomic E-state index is 12.1. The molecule has 0 spiro atoms. The highest BCUT2D eigenvalue weighted by Crippen LogP contribution is 2.34. The molecular weight excluding hydrogens is 274 g/mol. The number of nitrogens with one attached hydrogen (secondary N) is 1. The zero-order valence-electron chi connectivity index (χ0n) is 11.5. The molecule has 1 atom stereocenters. The summed E-state index contributed by atoms with van der Waals surface area (Å²) in [7, 11) is 0. The quantitative estimate of drug-likeness (QED) is 0.759. The standard InChI is InChI=1S/C15H19NO3S/c1-2-11(9-10-3-4-10)16-15(19)13-7-5-12(20-13)6-8-14(17)18/h5-8,10-11H,2-4,9H2,1H3,(H,16,19)(H,17,18). The fourth-order valence-electron chi connectivity index (χ4n) is 2.06. The van der Waals surface area contributed by atoms with E-state index in [0.717, 1.165) is 29.7 Å². The number of hydrogen-bond donors (Lipinski definition) is 2. The number of hydrogen-bond acceptors (Lipinski definition) is 3. The van der Waals surface area contributed by atoms with Crippen LogP contribution >= 0.6 is 11.3 Å². The van der Waals surface area contributed by atoms with E-state index in [9.17, 15) is 9.59 Å². The summed E-state index contributed by atoms with van der Waals surface area (Å²) in [6.45, 7) is 2.09. The van der Waals surface area contributed by atoms with Crippen molar-refractivity contribution < 1.29 is 14.7 Å². The number of carbonyl (C=O) groups is 2. The number of thiophene rings is 1. The molecule has 5 heteroatoms. The van der Waals surface area contributed by atoms with Crippen LogP contribution in [0.1, 0.15) is 47.2 Å². The zero-order chi connectivity index (χ0) is 14.5. The van der Waals surface area contributed by atoms with Gasteiger partial charge < -0.3 is 10.4 Å². The molecule has 1 aliphatic carbocycles. The lowest BCUT2D eigenvalue weighted by molar-refractivity contribution is -0.131. The van der Waals surface area contributed by atoms with E-state index in [0.29, 0.717) is 4.88 Å². The fraction of sp³-hybridized carbons (Fsp3) is 0.467. The first-order chi connectivity index (χ1) is 9.58. The highest BCUT2D eigenvalue weighted by atomic mass is 32.1. The molecule has 0 aliphatic heterocycles. The minimum absolute atomic E-state index is 0.0579. The van der Waals surface area contributed by atoms with Crippen molar-refractivity contribution in [2.45, 2.75) is 38.6 Å². The van der Waals surface area contributed by atoms with Crippen molar-refractivity contribution in [3.63, 3.8) is 0 Å². The Balaban J connectivity index is 1.92. The van der Waals surface area contributed by atoms with E-state index < -0.39 is 5.97 Å². The SMILES string of the molecule is CCC(CC1CC1)NC(=O)c1ccc(C=CC(=O)O)s1. The second-order valence-corrected chi connectivity index (χ2v) is 6.25. The Morgan fingerprint density at radius 3 is 2.85 bits per heavy atom. The van der Waals surface area contributed by atoms with Crippen LogP contribution in [-0.2, 0) is 4.79 Å². The second-order valence-electron chi connectivity index (χ2n) is 5.13. The summed E-state index contributed by atoms with van der Waals surface area (Å²) < 4.78 is 0. The van der Waals surface area contributed by atoms with Crippen molar-refractivity contribution in [1.82, 2.24) is 5.32 Å². The zero-order valence-corrected chi connectivity index (χ0v) is 12.3. The summed E-state index contributed by atoms with van der Waals surface area (Å²) in [5.74, 6) is -0.255. The van der Waals surface area contributed by atoms with Gasteiger partial charge in [-0.3, -0.25) is 4.79 Å². The van der Waals surface area contributed by atoms with E-state index in [1.165, 1.54) is 30.3 Å². The summed E-state index contributed by atoms with van der Waals surface area (Å²) in [6.07, 6.45) is 7.17. The molecular formula is C15H19NO3S. The van der Waals surface area contributed by atoms with E-state index >= 15 is 0 Å². The first-order valence-corrected chi connectivity index (χ1v) is 7.71. The van der Waals surface area contributed by atoms with Crippen LogP contribution in [0.3, 0.4) is 0 Å². The van der Waals surface area contributed by atoms with Crippen LogP contribution in [0.2, 0.25) is 0 Å². The number of carboxylic acids is 1. The van der Waals surface area contributed by atoms with Gasteiger partial charge in [0.15, 0.2) is 0 Å². The largest absolute Gasteiger partial charge is 0.478 e. The van der Waals surface area contributed by atoms with Crippen LogP contribution < -0.4 is 5.32 Å². The molecule has 4 nitrogen and oxygen atoms in total. The van der Waals surface area contributed by atoms with Gasteiger partial charge in [-0.15, -0.1) is 11.3 Å². The fourth-order valence-corrected chi connectivity index (χ4v) is 2.87. The molecule has 1 heterocycles. The summed E-state index contributed by atoms with van der Waals surface area (Å²) in [4.78, 5) is 24.0. The van der Waals surface area contributed by atoms with Crippen molar-refractivity contribution in [3.8, 4) is 0 Å². The average Bonchev–Trinajstić information content (AvgIpc) is 3.10. The smallest absolute Gasteiger partial charge is 0.328 e. The third-order valence-corrected chi connectivity index (χ3v) is 4.43. The Morgan fingerprint density at radius 2 is 2.25 bits per heavy atom. The van der Waals surface area contributed by atoms with Crippen molar-refractivity contribution in [3.05, 3.63) is 28.0 Å². The predicted octanol–water partition coefficient (Wildman–Crippen LogP) is 3.15. The van der Waals surface area contributed by atoms with Crippen LogP contribution in [0.4, 0.5) is 0 Å². The van der Waals surface area contributed by atoms with Gasteiger partial charge in [0.2, 0.25) is 0 Å². The molecule has 1 fully saturated rings. The molecule has 0 aromatic carbocycles. The Hall–Kier alpha value is -1.62. The number of carbonyl (C=O) groups excluding carboxylic acids is 1. The first kappa shape index (κ1) is 14.8. The Morgan fingerprint density at radius 1 is 1.50 bits per heavy atom. The van der Waals surface area contributed by atoms with Gasteiger partial charge in [0, 0.05) is 17.0 Å². The number of aliphatic carboxylic acids is 1. The van der Waals surface area contributed by atoms with Gasteiger partial charge >= 0.3 is 5.97 Å². The maximum Gasteiger partial charge on any atom is 0.328 e. The third-order valence-electron chi connectivity index (χ3n) is 3.38. The van der Waals surface area contributed by atoms with E-state index in [1.54, 1.807) is 12.1 Å². The topological polar surface area (TPSA) is 66.4 Å². The highest BCUT2D eigenvalue weighted by Gasteiger charge is 2.25. The van der Waals surface area contributed by atoms with Gasteiger partial charge in [0.25, 0.3) is 5.91 Å². The van der Waals surface area contributed by atoms with E-state index in [-0.39, 0.29) is 11.9 Å². The molecule has 108 valence electrons. The Labute approximate surface area is 122 Å².